The molecule has 26 heteroatoms. The van der Waals surface area contributed by atoms with Gasteiger partial charge in [-0.1, -0.05) is 12.1 Å². The van der Waals surface area contributed by atoms with Crippen LogP contribution in [-0.2, 0) is 29.7 Å². The third-order valence-corrected chi connectivity index (χ3v) is 6.03. The zero-order valence-corrected chi connectivity index (χ0v) is 33.9. The van der Waals surface area contributed by atoms with Gasteiger partial charge in [0.25, 0.3) is 0 Å². The molecule has 0 aliphatic carbocycles. The minimum absolute atomic E-state index is 0. The summed E-state index contributed by atoms with van der Waals surface area (Å²) in [4.78, 5) is 24.8. The molecule has 2 aromatic heterocycles. The van der Waals surface area contributed by atoms with Crippen LogP contribution in [0.2, 0.25) is 0 Å². The molecule has 0 amide bonds. The van der Waals surface area contributed by atoms with Crippen LogP contribution in [0.15, 0.2) is 24.3 Å². The molecule has 1 aromatic carbocycles. The van der Waals surface area contributed by atoms with Crippen molar-refractivity contribution in [1.82, 2.24) is 29.9 Å². The van der Waals surface area contributed by atoms with Crippen LogP contribution in [0, 0.1) is 0 Å². The number of aliphatic hydroxyl groups is 2. The summed E-state index contributed by atoms with van der Waals surface area (Å²) in [6.07, 6.45) is 0. The van der Waals surface area contributed by atoms with Crippen molar-refractivity contribution in [3.05, 3.63) is 24.3 Å². The summed E-state index contributed by atoms with van der Waals surface area (Å²) in [5, 5.41) is 34.0. The van der Waals surface area contributed by atoms with Crippen molar-refractivity contribution in [2.75, 3.05) is 96.4 Å². The average molecular weight is 767 g/mol. The van der Waals surface area contributed by atoms with E-state index in [1.807, 2.05) is 0 Å². The maximum Gasteiger partial charge on any atom is 1.00 e. The van der Waals surface area contributed by atoms with Gasteiger partial charge in [-0.05, 0) is 12.1 Å². The van der Waals surface area contributed by atoms with Gasteiger partial charge in [-0.2, -0.15) is 29.9 Å². The Morgan fingerprint density at radius 2 is 0.896 bits per heavy atom. The molecule has 0 aliphatic rings. The van der Waals surface area contributed by atoms with Crippen molar-refractivity contribution >= 4 is 67.3 Å². The number of para-hydroxylation sites is 2. The van der Waals surface area contributed by atoms with Crippen LogP contribution >= 0.6 is 0 Å². The smallest absolute Gasteiger partial charge is 0.747 e. The van der Waals surface area contributed by atoms with Crippen LogP contribution in [0.4, 0.5) is 47.1 Å². The zero-order chi connectivity index (χ0) is 33.4. The summed E-state index contributed by atoms with van der Waals surface area (Å²) in [5.41, 5.74) is 0.717. The molecule has 0 aliphatic heterocycles. The first kappa shape index (κ1) is 45.0. The number of rotatable bonds is 22. The summed E-state index contributed by atoms with van der Waals surface area (Å²) in [6.45, 7) is 0.738. The van der Waals surface area contributed by atoms with Gasteiger partial charge in [0.15, 0.2) is 0 Å². The van der Waals surface area contributed by atoms with Gasteiger partial charge in [-0.3, -0.25) is 0 Å². The molecule has 3 rings (SSSR count). The Morgan fingerprint density at radius 3 is 1.23 bits per heavy atom. The van der Waals surface area contributed by atoms with E-state index in [2.05, 4.69) is 61.8 Å². The third kappa shape index (κ3) is 18.8. The Kier molecular flexibility index (Phi) is 22.0. The minimum Gasteiger partial charge on any atom is -0.747 e. The fourth-order valence-corrected chi connectivity index (χ4v) is 3.84. The molecule has 0 spiro atoms. The summed E-state index contributed by atoms with van der Waals surface area (Å²) in [5.74, 6) is -2.58. The van der Waals surface area contributed by atoms with Gasteiger partial charge < -0.3 is 60.7 Å². The molecule has 0 atom stereocenters. The van der Waals surface area contributed by atoms with E-state index in [0.717, 1.165) is 0 Å². The number of anilines is 8. The normalized spacial score (nSPS) is 11.1. The standard InChI is InChI=1S/C22H34N12O10S2.2K/c35-7-11-43-9-5-23-17-29-19(25-13-45(37,38)39)33-21(31-17)27-15-3-1-2-4-16(15)28-22-32-18(24-6-10-44-12-8-36)30-20(34-22)26-14-46(40,41)42;;/h1-4,35-36H,5-14H2,(H,37,38,39)(H,40,41,42)(H3,23,25,27,29,31,33)(H3,24,26,28,30,32,34);;/q;2*+1/p-2. The Bertz CT molecular complexity index is 1510. The van der Waals surface area contributed by atoms with Gasteiger partial charge in [0.1, 0.15) is 32.0 Å². The van der Waals surface area contributed by atoms with Crippen LogP contribution in [-0.4, -0.2) is 131 Å². The van der Waals surface area contributed by atoms with Gasteiger partial charge in [0.2, 0.25) is 35.7 Å². The zero-order valence-electron chi connectivity index (χ0n) is 26.0. The SMILES string of the molecule is O=S(=O)([O-])CNc1nc(NCCOCCO)nc(Nc2ccccc2Nc2nc(NCCOCCO)nc(NCS(=O)(=O)[O-])n2)n1.[K+].[K+]. The first-order valence-corrected chi connectivity index (χ1v) is 16.4. The Balaban J connectivity index is 0.00000576. The second kappa shape index (κ2) is 23.4. The monoisotopic (exact) mass is 766 g/mol. The first-order valence-electron chi connectivity index (χ1n) is 13.3. The second-order valence-corrected chi connectivity index (χ2v) is 11.5. The first-order chi connectivity index (χ1) is 21.9. The van der Waals surface area contributed by atoms with Gasteiger partial charge in [-0.15, -0.1) is 0 Å². The molecule has 0 bridgehead atoms. The van der Waals surface area contributed by atoms with E-state index in [0.29, 0.717) is 11.4 Å². The van der Waals surface area contributed by atoms with Gasteiger partial charge in [0.05, 0.1) is 51.0 Å². The van der Waals surface area contributed by atoms with Crippen molar-refractivity contribution in [2.24, 2.45) is 0 Å². The summed E-state index contributed by atoms with van der Waals surface area (Å²) >= 11 is 0. The maximum atomic E-state index is 11.1. The predicted octanol–water partition coefficient (Wildman–Crippen LogP) is -7.78. The number of nitrogens with zero attached hydrogens (tertiary/aromatic N) is 6. The molecule has 254 valence electrons. The van der Waals surface area contributed by atoms with Crippen LogP contribution in [0.3, 0.4) is 0 Å². The van der Waals surface area contributed by atoms with Gasteiger partial charge >= 0.3 is 103 Å². The third-order valence-electron chi connectivity index (χ3n) is 5.04. The van der Waals surface area contributed by atoms with Crippen molar-refractivity contribution in [3.63, 3.8) is 0 Å². The van der Waals surface area contributed by atoms with E-state index in [9.17, 15) is 25.9 Å². The van der Waals surface area contributed by atoms with Crippen molar-refractivity contribution in [1.29, 1.82) is 0 Å². The molecule has 0 radical (unpaired) electrons. The molecule has 3 aromatic rings. The van der Waals surface area contributed by atoms with Crippen molar-refractivity contribution < 1.29 is 148 Å². The topological polar surface area (TPSA) is 323 Å². The van der Waals surface area contributed by atoms with E-state index >= 15 is 0 Å². The fraction of sp³-hybridized carbons (Fsp3) is 0.455. The number of aromatic nitrogens is 6. The number of benzene rings is 1. The Morgan fingerprint density at radius 1 is 0.562 bits per heavy atom. The summed E-state index contributed by atoms with van der Waals surface area (Å²) in [7, 11) is -9.32. The molecular weight excluding hydrogens is 735 g/mol. The van der Waals surface area contributed by atoms with Crippen molar-refractivity contribution in [3.8, 4) is 0 Å². The molecule has 0 fully saturated rings. The number of hydrogen-bond acceptors (Lipinski definition) is 22. The van der Waals surface area contributed by atoms with E-state index in [4.69, 9.17) is 19.7 Å². The van der Waals surface area contributed by atoms with E-state index in [-0.39, 0.29) is 191 Å². The molecule has 48 heavy (non-hydrogen) atoms. The fourth-order valence-electron chi connectivity index (χ4n) is 3.23. The summed E-state index contributed by atoms with van der Waals surface area (Å²) < 4.78 is 77.2. The minimum atomic E-state index is -4.66. The molecule has 0 saturated heterocycles. The molecule has 8 N–H and O–H groups in total. The number of ether oxygens (including phenoxy) is 2. The van der Waals surface area contributed by atoms with E-state index in [1.165, 1.54) is 0 Å². The Labute approximate surface area is 361 Å². The molecule has 0 saturated carbocycles. The molecule has 0 unspecified atom stereocenters. The largest absolute Gasteiger partial charge is 1.00 e. The van der Waals surface area contributed by atoms with Crippen LogP contribution < -0.4 is 135 Å². The summed E-state index contributed by atoms with van der Waals surface area (Å²) in [6, 6.07) is 6.60. The van der Waals surface area contributed by atoms with E-state index in [1.54, 1.807) is 24.3 Å². The number of nitrogens with one attached hydrogen (secondary N) is 6. The molecular formula is C22H32K2N12O10S2. The number of aliphatic hydroxyl groups excluding tert-OH is 2. The van der Waals surface area contributed by atoms with Crippen LogP contribution in [0.1, 0.15) is 0 Å². The average Bonchev–Trinajstić information content (AvgIpc) is 2.99. The Hall–Kier alpha value is -1.03. The van der Waals surface area contributed by atoms with Crippen molar-refractivity contribution in [2.45, 2.75) is 0 Å². The predicted molar refractivity (Wildman–Crippen MR) is 162 cm³/mol. The number of hydrogen-bond donors (Lipinski definition) is 8. The van der Waals surface area contributed by atoms with Gasteiger partial charge in [0, 0.05) is 13.1 Å². The molecule has 22 nitrogen and oxygen atoms in total. The maximum absolute atomic E-state index is 11.1. The van der Waals surface area contributed by atoms with Crippen LogP contribution in [0.25, 0.3) is 0 Å². The molecule has 2 heterocycles. The van der Waals surface area contributed by atoms with Gasteiger partial charge in [-0.25, -0.2) is 16.8 Å². The quantitative estimate of drug-likeness (QED) is 0.0267. The second-order valence-electron chi connectivity index (χ2n) is 8.69. The van der Waals surface area contributed by atoms with Crippen LogP contribution in [0.5, 0.6) is 0 Å². The van der Waals surface area contributed by atoms with E-state index < -0.39 is 32.0 Å².